The van der Waals surface area contributed by atoms with Crippen molar-refractivity contribution in [3.8, 4) is 0 Å². The Morgan fingerprint density at radius 3 is 0.654 bits per heavy atom. The largest absolute Gasteiger partial charge is 3.00 e. The summed E-state index contributed by atoms with van der Waals surface area (Å²) in [6.45, 7) is 15.6. The maximum Gasteiger partial charge on any atom is 3.00 e. The van der Waals surface area contributed by atoms with Gasteiger partial charge in [-0.25, -0.2) is 0 Å². The standard InChI is InChI=1S/3C4H6O3.2C2H4.Rh/c3*1-3(5)2-4(6)7;2*1-2;/h3*2H2,1H3,(H,6,7);2*1-2H2;/q;;;;;+3/p-3. The van der Waals surface area contributed by atoms with E-state index in [0.717, 1.165) is 0 Å². The fourth-order valence-corrected chi connectivity index (χ4v) is 0.610. The molecule has 0 unspecified atom stereocenters. The molecule has 0 N–H and O–H groups in total. The zero-order valence-electron chi connectivity index (χ0n) is 15.0. The molecule has 0 aliphatic heterocycles. The molecule has 0 aliphatic carbocycles. The van der Waals surface area contributed by atoms with Gasteiger partial charge < -0.3 is 29.7 Å². The van der Waals surface area contributed by atoms with E-state index in [1.165, 1.54) is 20.8 Å². The quantitative estimate of drug-likeness (QED) is 0.240. The molecule has 10 heteroatoms. The summed E-state index contributed by atoms with van der Waals surface area (Å²) in [5.41, 5.74) is 0. The first-order valence-corrected chi connectivity index (χ1v) is 6.46. The van der Waals surface area contributed by atoms with Gasteiger partial charge in [0.25, 0.3) is 0 Å². The van der Waals surface area contributed by atoms with Gasteiger partial charge in [0.05, 0.1) is 0 Å². The van der Waals surface area contributed by atoms with Crippen molar-refractivity contribution >= 4 is 35.3 Å². The third kappa shape index (κ3) is 100.0. The van der Waals surface area contributed by atoms with Gasteiger partial charge in [-0.2, -0.15) is 0 Å². The summed E-state index contributed by atoms with van der Waals surface area (Å²) in [5, 5.41) is 28.4. The van der Waals surface area contributed by atoms with Gasteiger partial charge in [-0.3, -0.25) is 14.4 Å². The molecule has 0 saturated heterocycles. The number of carboxylic acid groups (broad SMARTS) is 3. The normalized spacial score (nSPS) is 6.88. The van der Waals surface area contributed by atoms with Gasteiger partial charge in [-0.15, -0.1) is 26.3 Å². The summed E-state index contributed by atoms with van der Waals surface area (Å²) in [7, 11) is 0. The smallest absolute Gasteiger partial charge is 0.550 e. The van der Waals surface area contributed by atoms with Crippen LogP contribution in [-0.2, 0) is 48.2 Å². The minimum Gasteiger partial charge on any atom is -0.550 e. The zero-order chi connectivity index (χ0) is 21.6. The number of carbonyl (C=O) groups is 6. The van der Waals surface area contributed by atoms with Crippen LogP contribution in [-0.4, -0.2) is 35.3 Å². The molecule has 0 radical (unpaired) electrons. The van der Waals surface area contributed by atoms with Crippen LogP contribution in [0.25, 0.3) is 0 Å². The van der Waals surface area contributed by atoms with Crippen LogP contribution < -0.4 is 15.3 Å². The predicted molar refractivity (Wildman–Crippen MR) is 83.4 cm³/mol. The van der Waals surface area contributed by atoms with E-state index in [4.69, 9.17) is 0 Å². The average Bonchev–Trinajstić information content (AvgIpc) is 2.39. The second-order valence-corrected chi connectivity index (χ2v) is 3.75. The summed E-state index contributed by atoms with van der Waals surface area (Å²) in [5.74, 6) is -5.06. The second-order valence-electron chi connectivity index (χ2n) is 3.75. The summed E-state index contributed by atoms with van der Waals surface area (Å²) in [6, 6.07) is 0. The Bertz CT molecular complexity index is 345. The topological polar surface area (TPSA) is 172 Å². The van der Waals surface area contributed by atoms with Crippen LogP contribution >= 0.6 is 0 Å². The molecule has 0 atom stereocenters. The Kier molecular flexibility index (Phi) is 45.5. The van der Waals surface area contributed by atoms with E-state index in [0.29, 0.717) is 0 Å². The number of aliphatic carboxylic acids is 3. The Labute approximate surface area is 165 Å². The molecule has 9 nitrogen and oxygen atoms in total. The minimum absolute atomic E-state index is 0. The van der Waals surface area contributed by atoms with Gasteiger partial charge in [0.15, 0.2) is 0 Å². The Morgan fingerprint density at radius 1 is 0.538 bits per heavy atom. The van der Waals surface area contributed by atoms with Crippen LogP contribution in [0, 0.1) is 0 Å². The third-order valence-electron chi connectivity index (χ3n) is 1.18. The monoisotopic (exact) mass is 462 g/mol. The molecule has 150 valence electrons. The molecule has 0 aromatic carbocycles. The van der Waals surface area contributed by atoms with Gasteiger partial charge in [0, 0.05) is 37.2 Å². The van der Waals surface area contributed by atoms with E-state index in [2.05, 4.69) is 26.3 Å². The van der Waals surface area contributed by atoms with Crippen molar-refractivity contribution < 1.29 is 63.6 Å². The van der Waals surface area contributed by atoms with Crippen molar-refractivity contribution in [2.75, 3.05) is 0 Å². The van der Waals surface area contributed by atoms with E-state index in [9.17, 15) is 44.1 Å². The molecule has 0 aromatic heterocycles. The van der Waals surface area contributed by atoms with Crippen LogP contribution in [0.2, 0.25) is 0 Å². The summed E-state index contributed by atoms with van der Waals surface area (Å²) < 4.78 is 0. The fourth-order valence-electron chi connectivity index (χ4n) is 0.610. The first kappa shape index (κ1) is 38.9. The van der Waals surface area contributed by atoms with Crippen molar-refractivity contribution in [1.82, 2.24) is 0 Å². The van der Waals surface area contributed by atoms with E-state index >= 15 is 0 Å². The van der Waals surface area contributed by atoms with Crippen molar-refractivity contribution in [2.45, 2.75) is 40.0 Å². The molecule has 0 fully saturated rings. The van der Waals surface area contributed by atoms with Gasteiger partial charge in [0.2, 0.25) is 0 Å². The van der Waals surface area contributed by atoms with E-state index in [1.807, 2.05) is 0 Å². The third-order valence-corrected chi connectivity index (χ3v) is 1.18. The predicted octanol–water partition coefficient (Wildman–Crippen LogP) is -2.25. The summed E-state index contributed by atoms with van der Waals surface area (Å²) >= 11 is 0. The van der Waals surface area contributed by atoms with E-state index < -0.39 is 37.2 Å². The van der Waals surface area contributed by atoms with Gasteiger partial charge in [-0.05, 0) is 20.8 Å². The number of rotatable bonds is 6. The van der Waals surface area contributed by atoms with Crippen LogP contribution in [0.1, 0.15) is 40.0 Å². The Morgan fingerprint density at radius 2 is 0.654 bits per heavy atom. The van der Waals surface area contributed by atoms with Crippen molar-refractivity contribution in [3.05, 3.63) is 26.3 Å². The number of carboxylic acids is 3. The molecule has 26 heavy (non-hydrogen) atoms. The van der Waals surface area contributed by atoms with Crippen LogP contribution in [0.5, 0.6) is 0 Å². The fraction of sp³-hybridized carbons (Fsp3) is 0.375. The molecule has 0 bridgehead atoms. The SMILES string of the molecule is C=C.C=C.CC(=O)CC(=O)[O-].CC(=O)CC(=O)[O-].CC(=O)CC(=O)[O-].[Rh+3]. The number of Topliss-reactive ketones (excluding diaryl/α,β-unsaturated/α-hetero) is 3. The maximum atomic E-state index is 9.83. The maximum absolute atomic E-state index is 9.83. The number of hydrogen-bond donors (Lipinski definition) is 0. The van der Waals surface area contributed by atoms with Crippen molar-refractivity contribution in [2.24, 2.45) is 0 Å². The first-order valence-electron chi connectivity index (χ1n) is 6.46. The second kappa shape index (κ2) is 30.4. The molecule has 0 heterocycles. The van der Waals surface area contributed by atoms with Crippen molar-refractivity contribution in [1.29, 1.82) is 0 Å². The van der Waals surface area contributed by atoms with Crippen LogP contribution in [0.15, 0.2) is 26.3 Å². The molecule has 0 spiro atoms. The molecular weight excluding hydrogens is 439 g/mol. The van der Waals surface area contributed by atoms with Gasteiger partial charge in [-0.1, -0.05) is 0 Å². The van der Waals surface area contributed by atoms with Crippen LogP contribution in [0.3, 0.4) is 0 Å². The molecule has 0 saturated carbocycles. The van der Waals surface area contributed by atoms with Crippen LogP contribution in [0.4, 0.5) is 0 Å². The van der Waals surface area contributed by atoms with Crippen molar-refractivity contribution in [3.63, 3.8) is 0 Å². The minimum atomic E-state index is -1.31. The number of carbonyl (C=O) groups excluding carboxylic acids is 6. The molecule has 0 rings (SSSR count). The summed E-state index contributed by atoms with van der Waals surface area (Å²) in [4.78, 5) is 57.9. The zero-order valence-corrected chi connectivity index (χ0v) is 16.6. The van der Waals surface area contributed by atoms with Gasteiger partial charge >= 0.3 is 19.5 Å². The molecular formula is C16H23O9Rh. The Balaban J connectivity index is -0.0000000515. The molecule has 0 aliphatic rings. The Hall–Kier alpha value is -2.48. The summed E-state index contributed by atoms with van der Waals surface area (Å²) in [6.07, 6.45) is -1.42. The number of ketones is 3. The first-order chi connectivity index (χ1) is 11.4. The number of hydrogen-bond acceptors (Lipinski definition) is 9. The van der Waals surface area contributed by atoms with E-state index in [1.54, 1.807) is 0 Å². The van der Waals surface area contributed by atoms with E-state index in [-0.39, 0.29) is 36.8 Å². The van der Waals surface area contributed by atoms with Gasteiger partial charge in [0.1, 0.15) is 17.3 Å². The average molecular weight is 462 g/mol. The molecule has 0 amide bonds. The molecule has 0 aromatic rings.